The SMILES string of the molecule is c1ccc(-n2c3ccccc3c3c4c(-c5cccc6c5oc5ccccc56)cc5cc6c(cc(-c7cccc8c7oc7ccccc78)c7c6ccc6c7c7ccccc7n6-c6ccccc6)cc5c4ccc32)cc1. The third kappa shape index (κ3) is 5.35. The van der Waals surface area contributed by atoms with E-state index in [2.05, 4.69) is 252 Å². The van der Waals surface area contributed by atoms with Crippen LogP contribution in [0.15, 0.2) is 251 Å². The van der Waals surface area contributed by atoms with Gasteiger partial charge in [-0.2, -0.15) is 0 Å². The molecule has 17 aromatic rings. The predicted octanol–water partition coefficient (Wildman–Crippen LogP) is 19.6. The highest BCUT2D eigenvalue weighted by molar-refractivity contribution is 6.34. The molecule has 0 unspecified atom stereocenters. The summed E-state index contributed by atoms with van der Waals surface area (Å²) in [6, 6.07) is 88.6. The lowest BCUT2D eigenvalue weighted by molar-refractivity contribution is 0.669. The van der Waals surface area contributed by atoms with Crippen molar-refractivity contribution in [3.05, 3.63) is 243 Å². The fraction of sp³-hybridized carbons (Fsp3) is 0. The summed E-state index contributed by atoms with van der Waals surface area (Å²) in [6.07, 6.45) is 0. The van der Waals surface area contributed by atoms with E-state index in [-0.39, 0.29) is 0 Å². The van der Waals surface area contributed by atoms with Crippen LogP contribution in [0, 0.1) is 0 Å². The molecule has 0 aliphatic rings. The summed E-state index contributed by atoms with van der Waals surface area (Å²) < 4.78 is 18.6. The fourth-order valence-electron chi connectivity index (χ4n) is 13.0. The van der Waals surface area contributed by atoms with Crippen LogP contribution in [0.2, 0.25) is 0 Å². The van der Waals surface area contributed by atoms with E-state index >= 15 is 0 Å². The van der Waals surface area contributed by atoms with E-state index in [9.17, 15) is 0 Å². The molecule has 4 heteroatoms. The third-order valence-corrected chi connectivity index (χ3v) is 16.0. The molecule has 0 bridgehead atoms. The fourth-order valence-corrected chi connectivity index (χ4v) is 13.0. The zero-order valence-corrected chi connectivity index (χ0v) is 39.8. The Hall–Kier alpha value is -9.90. The second-order valence-corrected chi connectivity index (χ2v) is 19.8. The van der Waals surface area contributed by atoms with Crippen molar-refractivity contribution in [1.82, 2.24) is 9.13 Å². The number of fused-ring (bicyclic) bond motifs is 20. The number of furan rings is 2. The van der Waals surface area contributed by atoms with Gasteiger partial charge in [-0.15, -0.1) is 0 Å². The standard InChI is InChI=1S/C70H40N2O2/c1-3-17-43(18-4-1)71-59-29-11-7-23-53(59)67-61(71)35-33-47-55-37-42-40-58(52-28-16-26-50-46-22-10-14-32-64(46)74-70(50)52)66-48(34-36-62-68(66)54-24-8-12-30-60(54)72(62)44-19-5-2-6-20-44)56(42)38-41(55)39-57(65(47)67)51-27-15-25-49-45-21-9-13-31-63(45)73-69(49)51/h1-40H. The van der Waals surface area contributed by atoms with E-state index in [1.807, 2.05) is 0 Å². The number of benzene rings is 13. The summed E-state index contributed by atoms with van der Waals surface area (Å²) in [6.45, 7) is 0. The van der Waals surface area contributed by atoms with Gasteiger partial charge in [0.1, 0.15) is 22.3 Å². The zero-order valence-electron chi connectivity index (χ0n) is 39.8. The first-order chi connectivity index (χ1) is 36.7. The summed E-state index contributed by atoms with van der Waals surface area (Å²) in [5.41, 5.74) is 14.9. The van der Waals surface area contributed by atoms with Gasteiger partial charge in [0, 0.05) is 76.4 Å². The maximum Gasteiger partial charge on any atom is 0.143 e. The molecule has 0 amide bonds. The molecule has 17 rings (SSSR count). The minimum Gasteiger partial charge on any atom is -0.455 e. The summed E-state index contributed by atoms with van der Waals surface area (Å²) in [4.78, 5) is 0. The normalized spacial score (nSPS) is 12.3. The predicted molar refractivity (Wildman–Crippen MR) is 311 cm³/mol. The molecule has 4 nitrogen and oxygen atoms in total. The van der Waals surface area contributed by atoms with Crippen LogP contribution in [0.25, 0.3) is 164 Å². The lowest BCUT2D eigenvalue weighted by Crippen LogP contribution is -1.94. The van der Waals surface area contributed by atoms with E-state index in [0.29, 0.717) is 0 Å². The van der Waals surface area contributed by atoms with Crippen LogP contribution in [-0.2, 0) is 0 Å². The number of para-hydroxylation sites is 8. The molecule has 0 saturated heterocycles. The molecule has 0 spiro atoms. The van der Waals surface area contributed by atoms with E-state index in [1.54, 1.807) is 0 Å². The van der Waals surface area contributed by atoms with E-state index < -0.39 is 0 Å². The van der Waals surface area contributed by atoms with Crippen molar-refractivity contribution in [2.75, 3.05) is 0 Å². The van der Waals surface area contributed by atoms with Gasteiger partial charge in [-0.05, 0) is 128 Å². The van der Waals surface area contributed by atoms with Gasteiger partial charge in [-0.1, -0.05) is 158 Å². The summed E-state index contributed by atoms with van der Waals surface area (Å²) in [5, 5.41) is 18.8. The lowest BCUT2D eigenvalue weighted by Gasteiger charge is -2.17. The molecule has 0 radical (unpaired) electrons. The maximum absolute atomic E-state index is 6.90. The van der Waals surface area contributed by atoms with E-state index in [4.69, 9.17) is 8.83 Å². The average Bonchev–Trinajstić information content (AvgIpc) is 4.29. The van der Waals surface area contributed by atoms with Crippen molar-refractivity contribution in [1.29, 1.82) is 0 Å². The molecule has 0 aliphatic heterocycles. The molecular weight excluding hydrogens is 901 g/mol. The summed E-state index contributed by atoms with van der Waals surface area (Å²) >= 11 is 0. The molecule has 0 fully saturated rings. The highest BCUT2D eigenvalue weighted by Gasteiger charge is 2.25. The Morgan fingerprint density at radius 2 is 0.622 bits per heavy atom. The van der Waals surface area contributed by atoms with Crippen molar-refractivity contribution in [2.24, 2.45) is 0 Å². The van der Waals surface area contributed by atoms with Crippen LogP contribution < -0.4 is 0 Å². The van der Waals surface area contributed by atoms with Gasteiger partial charge >= 0.3 is 0 Å². The Labute approximate surface area is 422 Å². The van der Waals surface area contributed by atoms with Crippen LogP contribution in [0.1, 0.15) is 0 Å². The second kappa shape index (κ2) is 14.8. The molecule has 4 aromatic heterocycles. The van der Waals surface area contributed by atoms with Gasteiger partial charge in [0.2, 0.25) is 0 Å². The monoisotopic (exact) mass is 940 g/mol. The second-order valence-electron chi connectivity index (χ2n) is 19.8. The maximum atomic E-state index is 6.90. The van der Waals surface area contributed by atoms with Crippen LogP contribution in [0.4, 0.5) is 0 Å². The topological polar surface area (TPSA) is 36.1 Å². The van der Waals surface area contributed by atoms with Crippen LogP contribution >= 0.6 is 0 Å². The van der Waals surface area contributed by atoms with Gasteiger partial charge in [-0.25, -0.2) is 0 Å². The van der Waals surface area contributed by atoms with Gasteiger partial charge in [0.15, 0.2) is 0 Å². The van der Waals surface area contributed by atoms with Crippen molar-refractivity contribution in [3.63, 3.8) is 0 Å². The Balaban J connectivity index is 1.06. The number of hydrogen-bond acceptors (Lipinski definition) is 2. The first kappa shape index (κ1) is 39.8. The minimum absolute atomic E-state index is 0.886. The highest BCUT2D eigenvalue weighted by Crippen LogP contribution is 2.50. The number of nitrogens with zero attached hydrogens (tertiary/aromatic N) is 2. The molecule has 13 aromatic carbocycles. The molecule has 74 heavy (non-hydrogen) atoms. The van der Waals surface area contributed by atoms with Gasteiger partial charge in [-0.3, -0.25) is 0 Å². The minimum atomic E-state index is 0.886. The van der Waals surface area contributed by atoms with Crippen LogP contribution in [0.5, 0.6) is 0 Å². The first-order valence-corrected chi connectivity index (χ1v) is 25.4. The number of rotatable bonds is 4. The molecule has 0 aliphatic carbocycles. The Morgan fingerprint density at radius 1 is 0.230 bits per heavy atom. The van der Waals surface area contributed by atoms with Gasteiger partial charge in [0.25, 0.3) is 0 Å². The van der Waals surface area contributed by atoms with Crippen molar-refractivity contribution in [2.45, 2.75) is 0 Å². The van der Waals surface area contributed by atoms with Crippen molar-refractivity contribution < 1.29 is 8.83 Å². The van der Waals surface area contributed by atoms with Crippen LogP contribution in [0.3, 0.4) is 0 Å². The largest absolute Gasteiger partial charge is 0.455 e. The summed E-state index contributed by atoms with van der Waals surface area (Å²) in [5.74, 6) is 0. The van der Waals surface area contributed by atoms with E-state index in [0.717, 1.165) is 88.5 Å². The lowest BCUT2D eigenvalue weighted by atomic mass is 9.86. The average molecular weight is 941 g/mol. The first-order valence-electron chi connectivity index (χ1n) is 25.4. The van der Waals surface area contributed by atoms with Gasteiger partial charge < -0.3 is 18.0 Å². The number of aromatic nitrogens is 2. The quantitative estimate of drug-likeness (QED) is 0.130. The van der Waals surface area contributed by atoms with Crippen LogP contribution in [-0.4, -0.2) is 9.13 Å². The van der Waals surface area contributed by atoms with E-state index in [1.165, 1.54) is 75.7 Å². The van der Waals surface area contributed by atoms with Crippen molar-refractivity contribution in [3.8, 4) is 33.6 Å². The molecule has 0 atom stereocenters. The molecule has 4 heterocycles. The molecular formula is C70H40N2O2. The number of hydrogen-bond donors (Lipinski definition) is 0. The smallest absolute Gasteiger partial charge is 0.143 e. The Morgan fingerprint density at radius 3 is 1.08 bits per heavy atom. The Kier molecular flexibility index (Phi) is 7.97. The van der Waals surface area contributed by atoms with Gasteiger partial charge in [0.05, 0.1) is 22.1 Å². The highest BCUT2D eigenvalue weighted by atomic mass is 16.3. The summed E-state index contributed by atoms with van der Waals surface area (Å²) in [7, 11) is 0. The third-order valence-electron chi connectivity index (χ3n) is 16.0. The Bertz CT molecular complexity index is 4910. The molecule has 342 valence electrons. The van der Waals surface area contributed by atoms with Crippen molar-refractivity contribution >= 4 is 131 Å². The molecule has 0 saturated carbocycles. The zero-order chi connectivity index (χ0) is 48.2. The molecule has 0 N–H and O–H groups in total.